The van der Waals surface area contributed by atoms with Crippen LogP contribution in [0.25, 0.3) is 0 Å². The van der Waals surface area contributed by atoms with Crippen LogP contribution in [-0.2, 0) is 19.1 Å². The molecule has 6 nitrogen and oxygen atoms in total. The summed E-state index contributed by atoms with van der Waals surface area (Å²) < 4.78 is 10.8. The van der Waals surface area contributed by atoms with Gasteiger partial charge in [0.05, 0.1) is 12.5 Å². The van der Waals surface area contributed by atoms with Crippen LogP contribution in [0, 0.1) is 5.92 Å². The van der Waals surface area contributed by atoms with Crippen molar-refractivity contribution in [2.45, 2.75) is 51.9 Å². The molecule has 0 saturated carbocycles. The van der Waals surface area contributed by atoms with Gasteiger partial charge in [-0.1, -0.05) is 24.3 Å². The molecular weight excluding hydrogens is 336 g/mol. The Bertz CT molecular complexity index is 684. The monoisotopic (exact) mass is 362 g/mol. The molecule has 0 radical (unpaired) electrons. The third-order valence-corrected chi connectivity index (χ3v) is 4.87. The van der Waals surface area contributed by atoms with E-state index < -0.39 is 36.2 Å². The number of hydrogen-bond donors (Lipinski definition) is 2. The highest BCUT2D eigenvalue weighted by Crippen LogP contribution is 2.35. The summed E-state index contributed by atoms with van der Waals surface area (Å²) in [7, 11) is 0. The maximum Gasteiger partial charge on any atom is 0.334 e. The van der Waals surface area contributed by atoms with Crippen LogP contribution in [-0.4, -0.2) is 47.1 Å². The molecule has 2 aliphatic rings. The first-order chi connectivity index (χ1) is 12.3. The number of ether oxygens (including phenoxy) is 2. The number of carbonyl (C=O) groups is 2. The second-order valence-electron chi connectivity index (χ2n) is 6.70. The number of aliphatic hydroxyl groups excluding tert-OH is 2. The number of rotatable bonds is 3. The van der Waals surface area contributed by atoms with Gasteiger partial charge in [0.2, 0.25) is 0 Å². The fourth-order valence-electron chi connectivity index (χ4n) is 3.14. The Morgan fingerprint density at radius 2 is 2.19 bits per heavy atom. The van der Waals surface area contributed by atoms with E-state index in [0.717, 1.165) is 5.57 Å². The van der Waals surface area contributed by atoms with E-state index in [0.29, 0.717) is 24.0 Å². The third-order valence-electron chi connectivity index (χ3n) is 4.87. The van der Waals surface area contributed by atoms with E-state index >= 15 is 0 Å². The Kier molecular flexibility index (Phi) is 6.56. The molecule has 6 heteroatoms. The second-order valence-corrected chi connectivity index (χ2v) is 6.70. The fraction of sp³-hybridized carbons (Fsp3) is 0.500. The quantitative estimate of drug-likeness (QED) is 0.453. The van der Waals surface area contributed by atoms with E-state index in [1.54, 1.807) is 32.1 Å². The van der Waals surface area contributed by atoms with Crippen molar-refractivity contribution in [2.24, 2.45) is 5.92 Å². The maximum atomic E-state index is 12.2. The Hall–Kier alpha value is -2.18. The third kappa shape index (κ3) is 4.14. The van der Waals surface area contributed by atoms with Gasteiger partial charge in [-0.05, 0) is 45.3 Å². The van der Waals surface area contributed by atoms with Crippen LogP contribution in [0.3, 0.4) is 0 Å². The minimum Gasteiger partial charge on any atom is -0.454 e. The molecule has 0 unspecified atom stereocenters. The largest absolute Gasteiger partial charge is 0.454 e. The first-order valence-corrected chi connectivity index (χ1v) is 8.69. The van der Waals surface area contributed by atoms with Crippen molar-refractivity contribution in [1.29, 1.82) is 0 Å². The van der Waals surface area contributed by atoms with Crippen LogP contribution in [0.15, 0.2) is 47.1 Å². The minimum absolute atomic E-state index is 0.133. The SMILES string of the molecule is C=C1C(=O)O[C@@H]2/C=C(\C)CC/C=C(/CO)[C@@H](OC(=O)/C(C)=C\C)[C@H](O)[C@H]12. The molecular formula is C20H26O6. The van der Waals surface area contributed by atoms with Crippen molar-refractivity contribution in [3.05, 3.63) is 47.1 Å². The van der Waals surface area contributed by atoms with Gasteiger partial charge in [-0.15, -0.1) is 0 Å². The zero-order chi connectivity index (χ0) is 19.4. The molecule has 0 aromatic rings. The van der Waals surface area contributed by atoms with Gasteiger partial charge in [-0.3, -0.25) is 0 Å². The van der Waals surface area contributed by atoms with Crippen molar-refractivity contribution < 1.29 is 29.3 Å². The Morgan fingerprint density at radius 1 is 1.50 bits per heavy atom. The Morgan fingerprint density at radius 3 is 2.81 bits per heavy atom. The highest BCUT2D eigenvalue weighted by Gasteiger charge is 2.46. The van der Waals surface area contributed by atoms with E-state index in [1.165, 1.54) is 0 Å². The number of carbonyl (C=O) groups excluding carboxylic acids is 2. The molecule has 1 heterocycles. The van der Waals surface area contributed by atoms with Gasteiger partial charge in [-0.25, -0.2) is 9.59 Å². The van der Waals surface area contributed by atoms with Crippen molar-refractivity contribution in [1.82, 2.24) is 0 Å². The topological polar surface area (TPSA) is 93.1 Å². The highest BCUT2D eigenvalue weighted by molar-refractivity contribution is 5.91. The van der Waals surface area contributed by atoms with E-state index in [1.807, 2.05) is 6.92 Å². The molecule has 142 valence electrons. The molecule has 4 atom stereocenters. The summed E-state index contributed by atoms with van der Waals surface area (Å²) in [6, 6.07) is 0. The van der Waals surface area contributed by atoms with Gasteiger partial charge in [0.15, 0.2) is 6.10 Å². The average Bonchev–Trinajstić information content (AvgIpc) is 2.88. The van der Waals surface area contributed by atoms with Crippen LogP contribution in [0.5, 0.6) is 0 Å². The summed E-state index contributed by atoms with van der Waals surface area (Å²) in [5, 5.41) is 20.7. The second kappa shape index (κ2) is 8.47. The molecule has 2 N–H and O–H groups in total. The van der Waals surface area contributed by atoms with Crippen LogP contribution in [0.1, 0.15) is 33.6 Å². The van der Waals surface area contributed by atoms with Crippen LogP contribution in [0.2, 0.25) is 0 Å². The summed E-state index contributed by atoms with van der Waals surface area (Å²) in [4.78, 5) is 24.2. The number of aliphatic hydroxyl groups is 2. The summed E-state index contributed by atoms with van der Waals surface area (Å²) in [6.45, 7) is 8.60. The van der Waals surface area contributed by atoms with Gasteiger partial charge in [0.1, 0.15) is 12.2 Å². The number of fused-ring (bicyclic) bond motifs is 1. The van der Waals surface area contributed by atoms with Gasteiger partial charge in [0.25, 0.3) is 0 Å². The zero-order valence-electron chi connectivity index (χ0n) is 15.4. The number of allylic oxidation sites excluding steroid dienone is 3. The van der Waals surface area contributed by atoms with E-state index in [9.17, 15) is 19.8 Å². The summed E-state index contributed by atoms with van der Waals surface area (Å²) in [5.74, 6) is -1.92. The van der Waals surface area contributed by atoms with Gasteiger partial charge in [-0.2, -0.15) is 0 Å². The van der Waals surface area contributed by atoms with Crippen molar-refractivity contribution >= 4 is 11.9 Å². The van der Waals surface area contributed by atoms with Gasteiger partial charge in [0, 0.05) is 11.1 Å². The number of esters is 2. The molecule has 1 saturated heterocycles. The van der Waals surface area contributed by atoms with Gasteiger partial charge < -0.3 is 19.7 Å². The maximum absolute atomic E-state index is 12.2. The van der Waals surface area contributed by atoms with Crippen LogP contribution >= 0.6 is 0 Å². The van der Waals surface area contributed by atoms with Crippen LogP contribution < -0.4 is 0 Å². The molecule has 0 aromatic carbocycles. The Labute approximate surface area is 153 Å². The molecule has 2 rings (SSSR count). The number of hydrogen-bond acceptors (Lipinski definition) is 6. The van der Waals surface area contributed by atoms with Crippen molar-refractivity contribution in [3.8, 4) is 0 Å². The lowest BCUT2D eigenvalue weighted by atomic mass is 9.84. The lowest BCUT2D eigenvalue weighted by Gasteiger charge is -2.31. The first-order valence-electron chi connectivity index (χ1n) is 8.69. The molecule has 0 spiro atoms. The van der Waals surface area contributed by atoms with Gasteiger partial charge >= 0.3 is 11.9 Å². The van der Waals surface area contributed by atoms with E-state index in [2.05, 4.69) is 6.58 Å². The molecule has 26 heavy (non-hydrogen) atoms. The first kappa shape index (κ1) is 20.1. The summed E-state index contributed by atoms with van der Waals surface area (Å²) >= 11 is 0. The lowest BCUT2D eigenvalue weighted by Crippen LogP contribution is -2.42. The predicted octanol–water partition coefficient (Wildman–Crippen LogP) is 1.98. The molecule has 1 fully saturated rings. The summed E-state index contributed by atoms with van der Waals surface area (Å²) in [5.41, 5.74) is 1.92. The smallest absolute Gasteiger partial charge is 0.334 e. The fourth-order valence-corrected chi connectivity index (χ4v) is 3.14. The van der Waals surface area contributed by atoms with Crippen molar-refractivity contribution in [3.63, 3.8) is 0 Å². The zero-order valence-corrected chi connectivity index (χ0v) is 15.4. The van der Waals surface area contributed by atoms with E-state index in [-0.39, 0.29) is 12.2 Å². The van der Waals surface area contributed by atoms with Crippen LogP contribution in [0.4, 0.5) is 0 Å². The predicted molar refractivity (Wildman–Crippen MR) is 96.0 cm³/mol. The molecule has 1 aliphatic heterocycles. The normalized spacial score (nSPS) is 34.1. The molecule has 0 aromatic heterocycles. The molecule has 0 amide bonds. The molecule has 1 aliphatic carbocycles. The minimum atomic E-state index is -1.27. The Balaban J connectivity index is 2.45. The van der Waals surface area contributed by atoms with Crippen molar-refractivity contribution in [2.75, 3.05) is 6.61 Å². The highest BCUT2D eigenvalue weighted by atomic mass is 16.6. The van der Waals surface area contributed by atoms with E-state index in [4.69, 9.17) is 9.47 Å². The summed E-state index contributed by atoms with van der Waals surface area (Å²) in [6.07, 6.45) is 3.44. The lowest BCUT2D eigenvalue weighted by molar-refractivity contribution is -0.150. The molecule has 0 bridgehead atoms. The average molecular weight is 362 g/mol. The standard InChI is InChI=1S/C20H26O6/c1-5-12(3)19(23)26-18-14(10-21)8-6-7-11(2)9-15-16(17(18)22)13(4)20(24)25-15/h5,8-9,15-18,21-22H,4,6-7,10H2,1-3H3/b11-9+,12-5-,14-8-/t15-,16-,17-,18-/m1/s1.